The van der Waals surface area contributed by atoms with E-state index in [0.717, 1.165) is 23.3 Å². The molecule has 0 aliphatic carbocycles. The van der Waals surface area contributed by atoms with Gasteiger partial charge in [-0.2, -0.15) is 5.10 Å². The Morgan fingerprint density at radius 2 is 2.39 bits per heavy atom. The summed E-state index contributed by atoms with van der Waals surface area (Å²) < 4.78 is 21.0. The second-order valence-electron chi connectivity index (χ2n) is 5.72. The summed E-state index contributed by atoms with van der Waals surface area (Å²) in [7, 11) is 1.87. The number of ether oxygens (including phenoxy) is 1. The minimum Gasteiger partial charge on any atom is -0.370 e. The Bertz CT molecular complexity index is 815. The van der Waals surface area contributed by atoms with Gasteiger partial charge < -0.3 is 14.6 Å². The van der Waals surface area contributed by atoms with E-state index in [-0.39, 0.29) is 17.8 Å². The van der Waals surface area contributed by atoms with Gasteiger partial charge in [0.15, 0.2) is 5.82 Å². The number of imidazole rings is 1. The number of aromatic nitrogens is 5. The molecule has 3 heterocycles. The number of anilines is 1. The lowest BCUT2D eigenvalue weighted by molar-refractivity contribution is 0.0864. The summed E-state index contributed by atoms with van der Waals surface area (Å²) in [5.41, 5.74) is 1.54. The van der Waals surface area contributed by atoms with Crippen molar-refractivity contribution in [3.05, 3.63) is 36.2 Å². The number of hydrogen-bond donors (Lipinski definition) is 2. The Balaban J connectivity index is 1.51. The maximum absolute atomic E-state index is 13.4. The molecule has 1 fully saturated rings. The SMILES string of the molecule is Cn1c(NC[C@@H]2CCO[C@@H]2c2ncn[nH]2)nc2ccc(F)cc21. The van der Waals surface area contributed by atoms with Crippen LogP contribution in [0.4, 0.5) is 10.3 Å². The molecule has 1 saturated heterocycles. The average molecular weight is 316 g/mol. The average Bonchev–Trinajstić information content (AvgIpc) is 3.26. The number of halogens is 1. The van der Waals surface area contributed by atoms with Crippen LogP contribution in [0.5, 0.6) is 0 Å². The highest BCUT2D eigenvalue weighted by molar-refractivity contribution is 5.78. The van der Waals surface area contributed by atoms with E-state index in [0.29, 0.717) is 19.1 Å². The summed E-state index contributed by atoms with van der Waals surface area (Å²) in [6.07, 6.45) is 2.34. The van der Waals surface area contributed by atoms with Crippen LogP contribution in [0, 0.1) is 11.7 Å². The molecule has 0 bridgehead atoms. The van der Waals surface area contributed by atoms with Crippen molar-refractivity contribution in [3.63, 3.8) is 0 Å². The standard InChI is InChI=1S/C15H17FN6O/c1-22-12-6-10(16)2-3-11(12)20-15(22)17-7-9-4-5-23-13(9)14-18-8-19-21-14/h2-3,6,8-9,13H,4-5,7H2,1H3,(H,17,20)(H,18,19,21)/t9-,13-/m0/s1. The molecule has 2 N–H and O–H groups in total. The molecule has 2 aromatic heterocycles. The summed E-state index contributed by atoms with van der Waals surface area (Å²) in [4.78, 5) is 8.69. The third kappa shape index (κ3) is 2.55. The first-order valence-corrected chi connectivity index (χ1v) is 7.55. The van der Waals surface area contributed by atoms with Gasteiger partial charge in [0.2, 0.25) is 5.95 Å². The smallest absolute Gasteiger partial charge is 0.203 e. The summed E-state index contributed by atoms with van der Waals surface area (Å²) in [6.45, 7) is 1.40. The zero-order valence-electron chi connectivity index (χ0n) is 12.7. The molecule has 120 valence electrons. The van der Waals surface area contributed by atoms with E-state index in [1.54, 1.807) is 6.07 Å². The van der Waals surface area contributed by atoms with Crippen molar-refractivity contribution in [1.82, 2.24) is 24.7 Å². The maximum atomic E-state index is 13.4. The van der Waals surface area contributed by atoms with Crippen LogP contribution in [0.1, 0.15) is 18.3 Å². The zero-order valence-corrected chi connectivity index (χ0v) is 12.7. The van der Waals surface area contributed by atoms with Gasteiger partial charge >= 0.3 is 0 Å². The Hall–Kier alpha value is -2.48. The third-order valence-corrected chi connectivity index (χ3v) is 4.28. The molecule has 8 heteroatoms. The van der Waals surface area contributed by atoms with Crippen LogP contribution in [-0.2, 0) is 11.8 Å². The lowest BCUT2D eigenvalue weighted by atomic mass is 10.0. The first-order valence-electron chi connectivity index (χ1n) is 7.55. The number of rotatable bonds is 4. The van der Waals surface area contributed by atoms with Gasteiger partial charge in [-0.05, 0) is 24.6 Å². The van der Waals surface area contributed by atoms with Crippen LogP contribution < -0.4 is 5.32 Å². The van der Waals surface area contributed by atoms with Crippen LogP contribution in [0.3, 0.4) is 0 Å². The molecule has 0 spiro atoms. The zero-order chi connectivity index (χ0) is 15.8. The predicted octanol–water partition coefficient (Wildman–Crippen LogP) is 2.02. The van der Waals surface area contributed by atoms with E-state index in [2.05, 4.69) is 25.5 Å². The van der Waals surface area contributed by atoms with Gasteiger partial charge in [-0.15, -0.1) is 0 Å². The highest BCUT2D eigenvalue weighted by atomic mass is 19.1. The van der Waals surface area contributed by atoms with Crippen molar-refractivity contribution < 1.29 is 9.13 Å². The second kappa shape index (κ2) is 5.62. The van der Waals surface area contributed by atoms with Crippen molar-refractivity contribution in [3.8, 4) is 0 Å². The number of hydrogen-bond acceptors (Lipinski definition) is 5. The number of aromatic amines is 1. The van der Waals surface area contributed by atoms with Gasteiger partial charge in [0, 0.05) is 26.1 Å². The van der Waals surface area contributed by atoms with E-state index in [1.807, 2.05) is 11.6 Å². The predicted molar refractivity (Wildman–Crippen MR) is 82.3 cm³/mol. The highest BCUT2D eigenvalue weighted by Crippen LogP contribution is 2.32. The molecule has 23 heavy (non-hydrogen) atoms. The maximum Gasteiger partial charge on any atom is 0.203 e. The fourth-order valence-electron chi connectivity index (χ4n) is 3.04. The van der Waals surface area contributed by atoms with Gasteiger partial charge in [-0.3, -0.25) is 5.10 Å². The lowest BCUT2D eigenvalue weighted by Gasteiger charge is -2.17. The molecule has 3 aromatic rings. The third-order valence-electron chi connectivity index (χ3n) is 4.28. The molecule has 1 aromatic carbocycles. The molecule has 0 unspecified atom stereocenters. The van der Waals surface area contributed by atoms with Crippen LogP contribution in [-0.4, -0.2) is 37.9 Å². The van der Waals surface area contributed by atoms with E-state index in [1.165, 1.54) is 18.5 Å². The number of benzene rings is 1. The van der Waals surface area contributed by atoms with Gasteiger partial charge in [-0.1, -0.05) is 0 Å². The minimum absolute atomic E-state index is 0.0860. The summed E-state index contributed by atoms with van der Waals surface area (Å²) in [5.74, 6) is 1.48. The number of nitrogens with zero attached hydrogens (tertiary/aromatic N) is 4. The minimum atomic E-state index is -0.262. The molecule has 1 aliphatic rings. The van der Waals surface area contributed by atoms with Crippen LogP contribution >= 0.6 is 0 Å². The van der Waals surface area contributed by atoms with Crippen LogP contribution in [0.15, 0.2) is 24.5 Å². The molecule has 2 atom stereocenters. The highest BCUT2D eigenvalue weighted by Gasteiger charge is 2.31. The molecular weight excluding hydrogens is 299 g/mol. The molecular formula is C15H17FN6O. The van der Waals surface area contributed by atoms with Crippen molar-refractivity contribution in [1.29, 1.82) is 0 Å². The Kier molecular flexibility index (Phi) is 3.45. The summed E-state index contributed by atoms with van der Waals surface area (Å²) in [5, 5.41) is 10.1. The Labute approximate surface area is 131 Å². The fraction of sp³-hybridized carbons (Fsp3) is 0.400. The van der Waals surface area contributed by atoms with Gasteiger partial charge in [0.05, 0.1) is 11.0 Å². The normalized spacial score (nSPS) is 21.1. The molecule has 0 amide bonds. The molecule has 0 radical (unpaired) electrons. The van der Waals surface area contributed by atoms with Crippen molar-refractivity contribution in [2.45, 2.75) is 12.5 Å². The van der Waals surface area contributed by atoms with Gasteiger partial charge in [-0.25, -0.2) is 14.4 Å². The van der Waals surface area contributed by atoms with Crippen molar-refractivity contribution in [2.75, 3.05) is 18.5 Å². The first-order chi connectivity index (χ1) is 11.2. The van der Waals surface area contributed by atoms with E-state index in [9.17, 15) is 4.39 Å². The lowest BCUT2D eigenvalue weighted by Crippen LogP contribution is -2.20. The molecule has 0 saturated carbocycles. The van der Waals surface area contributed by atoms with E-state index < -0.39 is 0 Å². The number of fused-ring (bicyclic) bond motifs is 1. The monoisotopic (exact) mass is 316 g/mol. The van der Waals surface area contributed by atoms with Gasteiger partial charge in [0.25, 0.3) is 0 Å². The molecule has 1 aliphatic heterocycles. The van der Waals surface area contributed by atoms with Crippen molar-refractivity contribution in [2.24, 2.45) is 13.0 Å². The molecule has 7 nitrogen and oxygen atoms in total. The largest absolute Gasteiger partial charge is 0.370 e. The Morgan fingerprint density at radius 1 is 1.48 bits per heavy atom. The first kappa shape index (κ1) is 14.1. The quantitative estimate of drug-likeness (QED) is 0.770. The van der Waals surface area contributed by atoms with Crippen LogP contribution in [0.25, 0.3) is 11.0 Å². The fourth-order valence-corrected chi connectivity index (χ4v) is 3.04. The molecule has 4 rings (SSSR count). The summed E-state index contributed by atoms with van der Waals surface area (Å²) in [6, 6.07) is 4.60. The van der Waals surface area contributed by atoms with Gasteiger partial charge in [0.1, 0.15) is 18.2 Å². The topological polar surface area (TPSA) is 80.6 Å². The van der Waals surface area contributed by atoms with E-state index in [4.69, 9.17) is 4.74 Å². The second-order valence-corrected chi connectivity index (χ2v) is 5.72. The number of nitrogens with one attached hydrogen (secondary N) is 2. The number of H-pyrrole nitrogens is 1. The number of aryl methyl sites for hydroxylation is 1. The van der Waals surface area contributed by atoms with E-state index >= 15 is 0 Å². The Morgan fingerprint density at radius 3 is 3.22 bits per heavy atom. The van der Waals surface area contributed by atoms with Crippen LogP contribution in [0.2, 0.25) is 0 Å². The summed E-state index contributed by atoms with van der Waals surface area (Å²) >= 11 is 0. The van der Waals surface area contributed by atoms with Crippen molar-refractivity contribution >= 4 is 17.0 Å².